The molecule has 3 aromatic rings. The van der Waals surface area contributed by atoms with Crippen LogP contribution < -0.4 is 10.2 Å². The summed E-state index contributed by atoms with van der Waals surface area (Å²) in [7, 11) is 0. The van der Waals surface area contributed by atoms with Gasteiger partial charge in [0.15, 0.2) is 0 Å². The van der Waals surface area contributed by atoms with Crippen molar-refractivity contribution in [3.05, 3.63) is 94.8 Å². The molecule has 2 aliphatic heterocycles. The zero-order valence-electron chi connectivity index (χ0n) is 18.8. The number of halogens is 2. The number of urea groups is 1. The summed E-state index contributed by atoms with van der Waals surface area (Å²) in [5, 5.41) is 3.57. The van der Waals surface area contributed by atoms with E-state index in [1.165, 1.54) is 12.1 Å². The Morgan fingerprint density at radius 2 is 1.74 bits per heavy atom. The van der Waals surface area contributed by atoms with Crippen LogP contribution in [0.1, 0.15) is 30.0 Å². The Hall–Kier alpha value is -3.38. The van der Waals surface area contributed by atoms with E-state index in [2.05, 4.69) is 5.32 Å². The summed E-state index contributed by atoms with van der Waals surface area (Å²) in [6.07, 6.45) is 1.07. The summed E-state index contributed by atoms with van der Waals surface area (Å²) >= 11 is 6.11. The number of likely N-dealkylation sites (tertiary alicyclic amines) is 1. The van der Waals surface area contributed by atoms with Crippen LogP contribution in [0.5, 0.6) is 0 Å². The second kappa shape index (κ2) is 8.76. The highest BCUT2D eigenvalue weighted by Crippen LogP contribution is 2.57. The molecule has 0 saturated carbocycles. The Morgan fingerprint density at radius 3 is 2.41 bits per heavy atom. The second-order valence-corrected chi connectivity index (χ2v) is 9.49. The zero-order chi connectivity index (χ0) is 23.9. The van der Waals surface area contributed by atoms with Crippen molar-refractivity contribution in [1.29, 1.82) is 0 Å². The standard InChI is InChI=1S/C27H25ClFN3O2/c1-18-4-2-6-22(16-18)30-26(34)31-14-12-27(13-15-31)24(19-8-10-20(28)11-9-19)32(25(27)33)23-7-3-5-21(29)17-23/h2-11,16-17,24H,12-15H2,1H3,(H,30,34). The molecule has 1 unspecified atom stereocenters. The van der Waals surface area contributed by atoms with Gasteiger partial charge in [-0.1, -0.05) is 41.9 Å². The fraction of sp³-hybridized carbons (Fsp3) is 0.259. The first-order valence-electron chi connectivity index (χ1n) is 11.3. The summed E-state index contributed by atoms with van der Waals surface area (Å²) in [5.41, 5.74) is 2.67. The number of anilines is 2. The van der Waals surface area contributed by atoms with Crippen molar-refractivity contribution in [2.24, 2.45) is 5.41 Å². The smallest absolute Gasteiger partial charge is 0.321 e. The van der Waals surface area contributed by atoms with Crippen molar-refractivity contribution in [3.63, 3.8) is 0 Å². The van der Waals surface area contributed by atoms with Crippen molar-refractivity contribution < 1.29 is 14.0 Å². The van der Waals surface area contributed by atoms with Crippen molar-refractivity contribution >= 4 is 34.9 Å². The molecule has 0 aromatic heterocycles. The molecule has 0 aliphatic carbocycles. The first kappa shape index (κ1) is 22.4. The minimum atomic E-state index is -0.639. The van der Waals surface area contributed by atoms with E-state index < -0.39 is 5.41 Å². The molecule has 0 bridgehead atoms. The Morgan fingerprint density at radius 1 is 1.03 bits per heavy atom. The van der Waals surface area contributed by atoms with Crippen LogP contribution in [0.4, 0.5) is 20.6 Å². The van der Waals surface area contributed by atoms with E-state index in [-0.39, 0.29) is 23.8 Å². The summed E-state index contributed by atoms with van der Waals surface area (Å²) in [6.45, 7) is 2.90. The van der Waals surface area contributed by atoms with E-state index in [0.29, 0.717) is 36.6 Å². The Kier molecular flexibility index (Phi) is 5.78. The fourth-order valence-corrected chi connectivity index (χ4v) is 5.31. The lowest BCUT2D eigenvalue weighted by molar-refractivity contribution is -0.144. The first-order chi connectivity index (χ1) is 16.4. The minimum Gasteiger partial charge on any atom is -0.324 e. The molecule has 3 aromatic carbocycles. The lowest BCUT2D eigenvalue weighted by Crippen LogP contribution is -2.67. The molecule has 2 fully saturated rings. The molecule has 2 aliphatic rings. The predicted molar refractivity (Wildman–Crippen MR) is 132 cm³/mol. The quantitative estimate of drug-likeness (QED) is 0.457. The van der Waals surface area contributed by atoms with Crippen LogP contribution in [0.3, 0.4) is 0 Å². The highest BCUT2D eigenvalue weighted by atomic mass is 35.5. The number of nitrogens with zero attached hydrogens (tertiary/aromatic N) is 2. The molecular weight excluding hydrogens is 453 g/mol. The number of β-lactam (4-membered cyclic amide) rings is 1. The van der Waals surface area contributed by atoms with Gasteiger partial charge in [-0.2, -0.15) is 0 Å². The molecule has 2 saturated heterocycles. The fourth-order valence-electron chi connectivity index (χ4n) is 5.18. The van der Waals surface area contributed by atoms with E-state index >= 15 is 0 Å². The highest BCUT2D eigenvalue weighted by Gasteiger charge is 2.62. The average molecular weight is 478 g/mol. The number of hydrogen-bond acceptors (Lipinski definition) is 2. The van der Waals surface area contributed by atoms with Gasteiger partial charge in [-0.25, -0.2) is 9.18 Å². The van der Waals surface area contributed by atoms with Gasteiger partial charge in [0.2, 0.25) is 5.91 Å². The van der Waals surface area contributed by atoms with Crippen molar-refractivity contribution in [1.82, 2.24) is 4.90 Å². The van der Waals surface area contributed by atoms with E-state index in [0.717, 1.165) is 16.8 Å². The summed E-state index contributed by atoms with van der Waals surface area (Å²) < 4.78 is 14.0. The third-order valence-corrected chi connectivity index (χ3v) is 7.16. The molecule has 0 radical (unpaired) electrons. The number of piperidine rings is 1. The molecule has 1 N–H and O–H groups in total. The molecule has 2 heterocycles. The molecule has 1 atom stereocenters. The molecule has 174 valence electrons. The molecule has 5 rings (SSSR count). The predicted octanol–water partition coefficient (Wildman–Crippen LogP) is 6.19. The molecule has 1 spiro atoms. The van der Waals surface area contributed by atoms with Gasteiger partial charge in [-0.15, -0.1) is 0 Å². The largest absolute Gasteiger partial charge is 0.324 e. The number of hydrogen-bond donors (Lipinski definition) is 1. The Labute approximate surface area is 203 Å². The maximum Gasteiger partial charge on any atom is 0.321 e. The van der Waals surface area contributed by atoms with Crippen LogP contribution >= 0.6 is 11.6 Å². The topological polar surface area (TPSA) is 52.7 Å². The third kappa shape index (κ3) is 3.92. The number of benzene rings is 3. The van der Waals surface area contributed by atoms with E-state index in [1.54, 1.807) is 21.9 Å². The van der Waals surface area contributed by atoms with Crippen molar-refractivity contribution in [3.8, 4) is 0 Å². The Balaban J connectivity index is 1.38. The molecule has 34 heavy (non-hydrogen) atoms. The van der Waals surface area contributed by atoms with Crippen LogP contribution in [0.25, 0.3) is 0 Å². The van der Waals surface area contributed by atoms with Crippen LogP contribution in [-0.2, 0) is 4.79 Å². The SMILES string of the molecule is Cc1cccc(NC(=O)N2CCC3(CC2)C(=O)N(c2cccc(F)c2)C3c2ccc(Cl)cc2)c1. The summed E-state index contributed by atoms with van der Waals surface area (Å²) in [5.74, 6) is -0.416. The van der Waals surface area contributed by atoms with Crippen LogP contribution in [-0.4, -0.2) is 29.9 Å². The number of aryl methyl sites for hydroxylation is 1. The summed E-state index contributed by atoms with van der Waals surface area (Å²) in [6, 6.07) is 20.8. The average Bonchev–Trinajstić information content (AvgIpc) is 2.83. The van der Waals surface area contributed by atoms with Crippen molar-refractivity contribution in [2.75, 3.05) is 23.3 Å². The van der Waals surface area contributed by atoms with Gasteiger partial charge in [0, 0.05) is 29.5 Å². The van der Waals surface area contributed by atoms with Gasteiger partial charge in [0.05, 0.1) is 11.5 Å². The molecule has 3 amide bonds. The maximum atomic E-state index is 14.0. The maximum absolute atomic E-state index is 14.0. The zero-order valence-corrected chi connectivity index (χ0v) is 19.6. The number of rotatable bonds is 3. The second-order valence-electron chi connectivity index (χ2n) is 9.05. The van der Waals surface area contributed by atoms with E-state index in [9.17, 15) is 14.0 Å². The van der Waals surface area contributed by atoms with Gasteiger partial charge < -0.3 is 15.1 Å². The molecule has 7 heteroatoms. The van der Waals surface area contributed by atoms with Gasteiger partial charge in [-0.05, 0) is 73.4 Å². The number of carbonyl (C=O) groups excluding carboxylic acids is 2. The van der Waals surface area contributed by atoms with Crippen molar-refractivity contribution in [2.45, 2.75) is 25.8 Å². The van der Waals surface area contributed by atoms with E-state index in [4.69, 9.17) is 11.6 Å². The molecule has 5 nitrogen and oxygen atoms in total. The number of amides is 3. The first-order valence-corrected chi connectivity index (χ1v) is 11.7. The third-order valence-electron chi connectivity index (χ3n) is 6.91. The van der Waals surface area contributed by atoms with Crippen LogP contribution in [0, 0.1) is 18.2 Å². The van der Waals surface area contributed by atoms with E-state index in [1.807, 2.05) is 55.5 Å². The van der Waals surface area contributed by atoms with Gasteiger partial charge in [0.25, 0.3) is 0 Å². The van der Waals surface area contributed by atoms with Crippen LogP contribution in [0.15, 0.2) is 72.8 Å². The monoisotopic (exact) mass is 477 g/mol. The summed E-state index contributed by atoms with van der Waals surface area (Å²) in [4.78, 5) is 29.8. The van der Waals surface area contributed by atoms with Crippen LogP contribution in [0.2, 0.25) is 5.02 Å². The minimum absolute atomic E-state index is 0.0307. The highest BCUT2D eigenvalue weighted by molar-refractivity contribution is 6.30. The number of carbonyl (C=O) groups is 2. The number of nitrogens with one attached hydrogen (secondary N) is 1. The lowest BCUT2D eigenvalue weighted by atomic mass is 9.62. The molecular formula is C27H25ClFN3O2. The normalized spacial score (nSPS) is 19.1. The van der Waals surface area contributed by atoms with Gasteiger partial charge >= 0.3 is 6.03 Å². The lowest BCUT2D eigenvalue weighted by Gasteiger charge is -2.59. The van der Waals surface area contributed by atoms with Gasteiger partial charge in [-0.3, -0.25) is 4.79 Å². The van der Waals surface area contributed by atoms with Gasteiger partial charge in [0.1, 0.15) is 5.82 Å². The Bertz CT molecular complexity index is 1240.